The van der Waals surface area contributed by atoms with Crippen molar-refractivity contribution in [1.29, 1.82) is 0 Å². The maximum Gasteiger partial charge on any atom is 0.159 e. The second-order valence-corrected chi connectivity index (χ2v) is 4.33. The van der Waals surface area contributed by atoms with Crippen molar-refractivity contribution in [2.24, 2.45) is 0 Å². The summed E-state index contributed by atoms with van der Waals surface area (Å²) in [5, 5.41) is 0.806. The number of halogens is 1. The van der Waals surface area contributed by atoms with Crippen molar-refractivity contribution in [3.05, 3.63) is 28.8 Å². The molecule has 2 nitrogen and oxygen atoms in total. The zero-order chi connectivity index (χ0) is 11.4. The molecule has 0 amide bonds. The molecule has 1 aromatic carbocycles. The van der Waals surface area contributed by atoms with Gasteiger partial charge < -0.3 is 4.74 Å². The van der Waals surface area contributed by atoms with E-state index < -0.39 is 0 Å². The van der Waals surface area contributed by atoms with Crippen LogP contribution in [0.25, 0.3) is 0 Å². The van der Waals surface area contributed by atoms with Gasteiger partial charge in [-0.15, -0.1) is 0 Å². The van der Waals surface area contributed by atoms with E-state index >= 15 is 0 Å². The van der Waals surface area contributed by atoms with Gasteiger partial charge >= 0.3 is 0 Å². The molecule has 0 unspecified atom stereocenters. The standard InChI is InChI=1S/C12H15BrO2/c1-8-6-11(10(3)14)7-9(2)12(8)15-5-4-13/h6-7H,4-5H2,1-3H3. The number of hydrogen-bond acceptors (Lipinski definition) is 2. The SMILES string of the molecule is CC(=O)c1cc(C)c(OCCBr)c(C)c1. The highest BCUT2D eigenvalue weighted by Crippen LogP contribution is 2.25. The van der Waals surface area contributed by atoms with Crippen molar-refractivity contribution in [1.82, 2.24) is 0 Å². The Morgan fingerprint density at radius 3 is 2.27 bits per heavy atom. The van der Waals surface area contributed by atoms with Crippen LogP contribution in [-0.2, 0) is 0 Å². The lowest BCUT2D eigenvalue weighted by Crippen LogP contribution is -2.03. The van der Waals surface area contributed by atoms with Gasteiger partial charge in [0.1, 0.15) is 5.75 Å². The van der Waals surface area contributed by atoms with Crippen LogP contribution in [-0.4, -0.2) is 17.7 Å². The molecule has 82 valence electrons. The van der Waals surface area contributed by atoms with Crippen molar-refractivity contribution in [3.63, 3.8) is 0 Å². The third kappa shape index (κ3) is 3.06. The summed E-state index contributed by atoms with van der Waals surface area (Å²) in [5.74, 6) is 0.979. The largest absolute Gasteiger partial charge is 0.492 e. The van der Waals surface area contributed by atoms with E-state index in [2.05, 4.69) is 15.9 Å². The van der Waals surface area contributed by atoms with Gasteiger partial charge in [0.25, 0.3) is 0 Å². The van der Waals surface area contributed by atoms with Gasteiger partial charge in [0.2, 0.25) is 0 Å². The first-order chi connectivity index (χ1) is 7.06. The van der Waals surface area contributed by atoms with Gasteiger partial charge in [-0.05, 0) is 44.0 Å². The maximum atomic E-state index is 11.2. The molecular formula is C12H15BrO2. The minimum absolute atomic E-state index is 0.0910. The maximum absolute atomic E-state index is 11.2. The number of alkyl halides is 1. The average molecular weight is 271 g/mol. The fourth-order valence-corrected chi connectivity index (χ4v) is 1.68. The minimum Gasteiger partial charge on any atom is -0.492 e. The number of Topliss-reactive ketones (excluding diaryl/α,β-unsaturated/α-hetero) is 1. The molecule has 0 fully saturated rings. The third-order valence-corrected chi connectivity index (χ3v) is 2.51. The zero-order valence-corrected chi connectivity index (χ0v) is 10.8. The van der Waals surface area contributed by atoms with Gasteiger partial charge in [0.05, 0.1) is 6.61 Å². The van der Waals surface area contributed by atoms with Crippen LogP contribution in [0.3, 0.4) is 0 Å². The molecule has 0 aromatic heterocycles. The summed E-state index contributed by atoms with van der Waals surface area (Å²) < 4.78 is 5.59. The third-order valence-electron chi connectivity index (χ3n) is 2.19. The number of benzene rings is 1. The van der Waals surface area contributed by atoms with Crippen LogP contribution < -0.4 is 4.74 Å². The highest BCUT2D eigenvalue weighted by Gasteiger charge is 2.08. The second kappa shape index (κ2) is 5.31. The van der Waals surface area contributed by atoms with Crippen LogP contribution in [0.1, 0.15) is 28.4 Å². The summed E-state index contributed by atoms with van der Waals surface area (Å²) in [7, 11) is 0. The first-order valence-corrected chi connectivity index (χ1v) is 5.99. The predicted octanol–water partition coefficient (Wildman–Crippen LogP) is 3.28. The van der Waals surface area contributed by atoms with Crippen LogP contribution in [0.15, 0.2) is 12.1 Å². The number of aryl methyl sites for hydroxylation is 2. The summed E-state index contributed by atoms with van der Waals surface area (Å²) >= 11 is 3.31. The number of ether oxygens (including phenoxy) is 1. The molecule has 0 aliphatic rings. The van der Waals surface area contributed by atoms with Crippen LogP contribution in [0.5, 0.6) is 5.75 Å². The molecule has 0 saturated heterocycles. The van der Waals surface area contributed by atoms with E-state index in [4.69, 9.17) is 4.74 Å². The molecular weight excluding hydrogens is 256 g/mol. The summed E-state index contributed by atoms with van der Waals surface area (Å²) in [6, 6.07) is 3.75. The zero-order valence-electron chi connectivity index (χ0n) is 9.26. The van der Waals surface area contributed by atoms with Gasteiger partial charge in [-0.25, -0.2) is 0 Å². The van der Waals surface area contributed by atoms with Gasteiger partial charge in [-0.3, -0.25) is 4.79 Å². The summed E-state index contributed by atoms with van der Waals surface area (Å²) in [6.07, 6.45) is 0. The van der Waals surface area contributed by atoms with Crippen molar-refractivity contribution in [2.45, 2.75) is 20.8 Å². The highest BCUT2D eigenvalue weighted by molar-refractivity contribution is 9.09. The Morgan fingerprint density at radius 1 is 1.33 bits per heavy atom. The minimum atomic E-state index is 0.0910. The van der Waals surface area contributed by atoms with Gasteiger partial charge in [0, 0.05) is 10.9 Å². The molecule has 0 bridgehead atoms. The number of carbonyl (C=O) groups is 1. The Hall–Kier alpha value is -0.830. The van der Waals surface area contributed by atoms with Crippen LogP contribution in [0.2, 0.25) is 0 Å². The summed E-state index contributed by atoms with van der Waals surface area (Å²) in [6.45, 7) is 6.14. The molecule has 0 N–H and O–H groups in total. The van der Waals surface area contributed by atoms with E-state index in [1.54, 1.807) is 6.92 Å². The lowest BCUT2D eigenvalue weighted by molar-refractivity contribution is 0.101. The van der Waals surface area contributed by atoms with Gasteiger partial charge in [-0.2, -0.15) is 0 Å². The molecule has 0 atom stereocenters. The first-order valence-electron chi connectivity index (χ1n) is 4.87. The topological polar surface area (TPSA) is 26.3 Å². The molecule has 0 aliphatic carbocycles. The van der Waals surface area contributed by atoms with E-state index in [0.29, 0.717) is 6.61 Å². The van der Waals surface area contributed by atoms with Gasteiger partial charge in [-0.1, -0.05) is 15.9 Å². The second-order valence-electron chi connectivity index (χ2n) is 3.53. The molecule has 0 spiro atoms. The quantitative estimate of drug-likeness (QED) is 0.620. The lowest BCUT2D eigenvalue weighted by atomic mass is 10.0. The Balaban J connectivity index is 3.04. The summed E-state index contributed by atoms with van der Waals surface area (Å²) in [4.78, 5) is 11.2. The Morgan fingerprint density at radius 2 is 1.87 bits per heavy atom. The number of hydrogen-bond donors (Lipinski definition) is 0. The van der Waals surface area contributed by atoms with Crippen molar-refractivity contribution in [2.75, 3.05) is 11.9 Å². The van der Waals surface area contributed by atoms with E-state index in [1.807, 2.05) is 26.0 Å². The smallest absolute Gasteiger partial charge is 0.159 e. The molecule has 0 heterocycles. The lowest BCUT2D eigenvalue weighted by Gasteiger charge is -2.12. The predicted molar refractivity (Wildman–Crippen MR) is 65.2 cm³/mol. The molecule has 1 aromatic rings. The highest BCUT2D eigenvalue weighted by atomic mass is 79.9. The Labute approximate surface area is 98.8 Å². The fraction of sp³-hybridized carbons (Fsp3) is 0.417. The average Bonchev–Trinajstić information content (AvgIpc) is 2.16. The number of carbonyl (C=O) groups excluding carboxylic acids is 1. The molecule has 3 heteroatoms. The first kappa shape index (κ1) is 12.2. The molecule has 0 saturated carbocycles. The van der Waals surface area contributed by atoms with E-state index in [1.165, 1.54) is 0 Å². The van der Waals surface area contributed by atoms with Crippen LogP contribution in [0.4, 0.5) is 0 Å². The molecule has 0 aliphatic heterocycles. The monoisotopic (exact) mass is 270 g/mol. The van der Waals surface area contributed by atoms with E-state index in [9.17, 15) is 4.79 Å². The van der Waals surface area contributed by atoms with Crippen LogP contribution >= 0.6 is 15.9 Å². The summed E-state index contributed by atoms with van der Waals surface area (Å²) in [5.41, 5.74) is 2.78. The molecule has 15 heavy (non-hydrogen) atoms. The van der Waals surface area contributed by atoms with Crippen molar-refractivity contribution >= 4 is 21.7 Å². The number of ketones is 1. The fourth-order valence-electron chi connectivity index (χ4n) is 1.52. The Bertz CT molecular complexity index is 349. The Kier molecular flexibility index (Phi) is 4.33. The number of rotatable bonds is 4. The van der Waals surface area contributed by atoms with Crippen molar-refractivity contribution < 1.29 is 9.53 Å². The normalized spacial score (nSPS) is 10.1. The van der Waals surface area contributed by atoms with Crippen molar-refractivity contribution in [3.8, 4) is 5.75 Å². The van der Waals surface area contributed by atoms with E-state index in [-0.39, 0.29) is 5.78 Å². The van der Waals surface area contributed by atoms with Gasteiger partial charge in [0.15, 0.2) is 5.78 Å². The molecule has 1 rings (SSSR count). The van der Waals surface area contributed by atoms with E-state index in [0.717, 1.165) is 27.8 Å². The van der Waals surface area contributed by atoms with Crippen LogP contribution in [0, 0.1) is 13.8 Å². The molecule has 0 radical (unpaired) electrons.